The smallest absolute Gasteiger partial charge is 0.261 e. The van der Waals surface area contributed by atoms with Gasteiger partial charge in [-0.15, -0.1) is 0 Å². The van der Waals surface area contributed by atoms with E-state index in [1.165, 1.54) is 5.56 Å². The monoisotopic (exact) mass is 590 g/mol. The van der Waals surface area contributed by atoms with Gasteiger partial charge in [-0.3, -0.25) is 9.59 Å². The van der Waals surface area contributed by atoms with Gasteiger partial charge in [0.1, 0.15) is 11.8 Å². The standard InChI is InChI=1S/C33H39BrN2O3/c1-33(2,3)26-18-19-30(28(34)21-26)39-23-31(37)36(22-25-14-8-5-9-15-25)29(20-24-12-6-4-7-13-24)32(38)35-27-16-10-11-17-27/h4-9,12-15,18-19,21,27,29H,10-11,16-17,20,22-23H2,1-3H3,(H,35,38)/t29-/m0/s1. The first kappa shape index (κ1) is 28.9. The second-order valence-corrected chi connectivity index (χ2v) is 12.2. The van der Waals surface area contributed by atoms with Crippen LogP contribution in [0, 0.1) is 0 Å². The van der Waals surface area contributed by atoms with Gasteiger partial charge in [0, 0.05) is 19.0 Å². The molecule has 206 valence electrons. The van der Waals surface area contributed by atoms with Crippen LogP contribution in [0.3, 0.4) is 0 Å². The molecule has 4 rings (SSSR count). The van der Waals surface area contributed by atoms with Crippen molar-refractivity contribution in [2.45, 2.75) is 76.9 Å². The molecule has 1 aliphatic carbocycles. The van der Waals surface area contributed by atoms with Crippen molar-refractivity contribution in [3.8, 4) is 5.75 Å². The molecule has 0 heterocycles. The lowest BCUT2D eigenvalue weighted by Crippen LogP contribution is -2.53. The number of benzene rings is 3. The van der Waals surface area contributed by atoms with Crippen LogP contribution >= 0.6 is 15.9 Å². The largest absolute Gasteiger partial charge is 0.483 e. The van der Waals surface area contributed by atoms with Gasteiger partial charge >= 0.3 is 0 Å². The van der Waals surface area contributed by atoms with Crippen molar-refractivity contribution in [2.75, 3.05) is 6.61 Å². The van der Waals surface area contributed by atoms with Crippen LogP contribution in [0.5, 0.6) is 5.75 Å². The maximum atomic E-state index is 13.8. The van der Waals surface area contributed by atoms with E-state index in [-0.39, 0.29) is 29.9 Å². The fourth-order valence-corrected chi connectivity index (χ4v) is 5.50. The van der Waals surface area contributed by atoms with Gasteiger partial charge in [-0.2, -0.15) is 0 Å². The van der Waals surface area contributed by atoms with E-state index >= 15 is 0 Å². The molecule has 3 aromatic carbocycles. The number of amides is 2. The molecule has 0 aliphatic heterocycles. The van der Waals surface area contributed by atoms with Gasteiger partial charge in [0.25, 0.3) is 5.91 Å². The van der Waals surface area contributed by atoms with Gasteiger partial charge in [0.15, 0.2) is 6.61 Å². The van der Waals surface area contributed by atoms with Crippen molar-refractivity contribution >= 4 is 27.7 Å². The minimum Gasteiger partial charge on any atom is -0.483 e. The highest BCUT2D eigenvalue weighted by Crippen LogP contribution is 2.31. The van der Waals surface area contributed by atoms with Crippen LogP contribution in [0.4, 0.5) is 0 Å². The first-order valence-corrected chi connectivity index (χ1v) is 14.6. The van der Waals surface area contributed by atoms with E-state index in [0.717, 1.165) is 41.3 Å². The number of carbonyl (C=O) groups excluding carboxylic acids is 2. The summed E-state index contributed by atoms with van der Waals surface area (Å²) in [5, 5.41) is 3.24. The summed E-state index contributed by atoms with van der Waals surface area (Å²) in [6.45, 7) is 6.63. The van der Waals surface area contributed by atoms with E-state index in [2.05, 4.69) is 42.0 Å². The molecule has 3 aromatic rings. The summed E-state index contributed by atoms with van der Waals surface area (Å²) in [4.78, 5) is 29.3. The van der Waals surface area contributed by atoms with Crippen molar-refractivity contribution in [3.63, 3.8) is 0 Å². The molecular formula is C33H39BrN2O3. The molecule has 1 N–H and O–H groups in total. The van der Waals surface area contributed by atoms with Gasteiger partial charge in [0.2, 0.25) is 5.91 Å². The van der Waals surface area contributed by atoms with Crippen molar-refractivity contribution in [2.24, 2.45) is 0 Å². The van der Waals surface area contributed by atoms with Crippen molar-refractivity contribution in [1.82, 2.24) is 10.2 Å². The lowest BCUT2D eigenvalue weighted by atomic mass is 9.87. The number of carbonyl (C=O) groups is 2. The second kappa shape index (κ2) is 13.3. The quantitative estimate of drug-likeness (QED) is 0.282. The summed E-state index contributed by atoms with van der Waals surface area (Å²) in [7, 11) is 0. The maximum absolute atomic E-state index is 13.8. The van der Waals surface area contributed by atoms with Crippen molar-refractivity contribution in [3.05, 3.63) is 100 Å². The highest BCUT2D eigenvalue weighted by molar-refractivity contribution is 9.10. The minimum absolute atomic E-state index is 0.000685. The number of ether oxygens (including phenoxy) is 1. The van der Waals surface area contributed by atoms with Crippen LogP contribution < -0.4 is 10.1 Å². The van der Waals surface area contributed by atoms with Crippen molar-refractivity contribution < 1.29 is 14.3 Å². The highest BCUT2D eigenvalue weighted by atomic mass is 79.9. The zero-order valence-corrected chi connectivity index (χ0v) is 24.7. The molecule has 0 saturated heterocycles. The molecule has 5 nitrogen and oxygen atoms in total. The summed E-state index contributed by atoms with van der Waals surface area (Å²) < 4.78 is 6.83. The average Bonchev–Trinajstić information content (AvgIpc) is 3.43. The third-order valence-electron chi connectivity index (χ3n) is 7.32. The number of nitrogens with one attached hydrogen (secondary N) is 1. The summed E-state index contributed by atoms with van der Waals surface area (Å²) >= 11 is 3.61. The normalized spacial score (nSPS) is 14.6. The molecule has 0 bridgehead atoms. The van der Waals surface area contributed by atoms with Gasteiger partial charge in [-0.05, 0) is 63.0 Å². The third kappa shape index (κ3) is 8.18. The number of nitrogens with zero attached hydrogens (tertiary/aromatic N) is 1. The Bertz CT molecular complexity index is 1230. The highest BCUT2D eigenvalue weighted by Gasteiger charge is 2.32. The van der Waals surface area contributed by atoms with Crippen LogP contribution in [0.1, 0.15) is 63.1 Å². The second-order valence-electron chi connectivity index (χ2n) is 11.4. The fraction of sp³-hybridized carbons (Fsp3) is 0.394. The Morgan fingerprint density at radius 3 is 2.15 bits per heavy atom. The Labute approximate surface area is 241 Å². The Morgan fingerprint density at radius 1 is 0.949 bits per heavy atom. The van der Waals surface area contributed by atoms with E-state index in [0.29, 0.717) is 18.7 Å². The summed E-state index contributed by atoms with van der Waals surface area (Å²) in [5.74, 6) is 0.268. The molecule has 1 atom stereocenters. The molecule has 6 heteroatoms. The van der Waals surface area contributed by atoms with E-state index in [9.17, 15) is 9.59 Å². The summed E-state index contributed by atoms with van der Waals surface area (Å²) in [5.41, 5.74) is 3.15. The number of halogens is 1. The molecule has 39 heavy (non-hydrogen) atoms. The Morgan fingerprint density at radius 2 is 1.56 bits per heavy atom. The predicted molar refractivity (Wildman–Crippen MR) is 160 cm³/mol. The Balaban J connectivity index is 1.59. The van der Waals surface area contributed by atoms with Crippen LogP contribution in [0.2, 0.25) is 0 Å². The SMILES string of the molecule is CC(C)(C)c1ccc(OCC(=O)N(Cc2ccccc2)[C@@H](Cc2ccccc2)C(=O)NC2CCCC2)c(Br)c1. The number of rotatable bonds is 10. The van der Waals surface area contributed by atoms with E-state index < -0.39 is 6.04 Å². The van der Waals surface area contributed by atoms with E-state index in [1.807, 2.05) is 78.9 Å². The topological polar surface area (TPSA) is 58.6 Å². The molecule has 0 unspecified atom stereocenters. The van der Waals surface area contributed by atoms with Crippen LogP contribution in [0.25, 0.3) is 0 Å². The van der Waals surface area contributed by atoms with Crippen molar-refractivity contribution in [1.29, 1.82) is 0 Å². The van der Waals surface area contributed by atoms with Gasteiger partial charge in [-0.1, -0.05) is 100 Å². The van der Waals surface area contributed by atoms with Gasteiger partial charge in [-0.25, -0.2) is 0 Å². The third-order valence-corrected chi connectivity index (χ3v) is 7.94. The predicted octanol–water partition coefficient (Wildman–Crippen LogP) is 6.82. The zero-order chi connectivity index (χ0) is 27.8. The van der Waals surface area contributed by atoms with E-state index in [4.69, 9.17) is 4.74 Å². The van der Waals surface area contributed by atoms with E-state index in [1.54, 1.807) is 4.90 Å². The Kier molecular flexibility index (Phi) is 9.84. The molecule has 1 aliphatic rings. The van der Waals surface area contributed by atoms with Gasteiger partial charge in [0.05, 0.1) is 4.47 Å². The molecule has 0 spiro atoms. The van der Waals surface area contributed by atoms with Gasteiger partial charge < -0.3 is 15.0 Å². The molecule has 2 amide bonds. The molecular weight excluding hydrogens is 552 g/mol. The molecule has 0 aromatic heterocycles. The first-order valence-electron chi connectivity index (χ1n) is 13.8. The maximum Gasteiger partial charge on any atom is 0.261 e. The molecule has 0 radical (unpaired) electrons. The van der Waals surface area contributed by atoms with Crippen LogP contribution in [0.15, 0.2) is 83.3 Å². The first-order chi connectivity index (χ1) is 18.7. The summed E-state index contributed by atoms with van der Waals surface area (Å²) in [6.07, 6.45) is 4.65. The fourth-order valence-electron chi connectivity index (χ4n) is 5.01. The van der Waals surface area contributed by atoms with Crippen LogP contribution in [-0.2, 0) is 28.0 Å². The van der Waals surface area contributed by atoms with Crippen LogP contribution in [-0.4, -0.2) is 35.4 Å². The number of hydrogen-bond donors (Lipinski definition) is 1. The lowest BCUT2D eigenvalue weighted by Gasteiger charge is -2.32. The molecule has 1 saturated carbocycles. The zero-order valence-electron chi connectivity index (χ0n) is 23.2. The summed E-state index contributed by atoms with van der Waals surface area (Å²) in [6, 6.07) is 25.2. The molecule has 1 fully saturated rings. The lowest BCUT2D eigenvalue weighted by molar-refractivity contribution is -0.143. The average molecular weight is 592 g/mol. The Hall–Kier alpha value is -3.12. The minimum atomic E-state index is -0.656. The number of hydrogen-bond acceptors (Lipinski definition) is 3.